The summed E-state index contributed by atoms with van der Waals surface area (Å²) in [6.07, 6.45) is 7.73. The lowest BCUT2D eigenvalue weighted by Crippen LogP contribution is -2.69. The first-order valence-corrected chi connectivity index (χ1v) is 14.9. The van der Waals surface area contributed by atoms with Gasteiger partial charge >= 0.3 is 18.0 Å². The largest absolute Gasteiger partial charge is 0.465 e. The number of carbonyl (C=O) groups is 4. The number of aromatic nitrogens is 1. The first kappa shape index (κ1) is 30.2. The van der Waals surface area contributed by atoms with Crippen LogP contribution in [0.4, 0.5) is 4.79 Å². The average molecular weight is 564 g/mol. The van der Waals surface area contributed by atoms with Gasteiger partial charge in [0.25, 0.3) is 0 Å². The van der Waals surface area contributed by atoms with Crippen molar-refractivity contribution in [3.05, 3.63) is 65.5 Å². The monoisotopic (exact) mass is 563 g/mol. The van der Waals surface area contributed by atoms with Crippen LogP contribution in [-0.2, 0) is 36.7 Å². The summed E-state index contributed by atoms with van der Waals surface area (Å²) in [6.45, 7) is 5.40. The maximum absolute atomic E-state index is 13.6. The summed E-state index contributed by atoms with van der Waals surface area (Å²) in [5, 5.41) is 0. The minimum atomic E-state index is -0.989. The van der Waals surface area contributed by atoms with Gasteiger partial charge in [-0.15, -0.1) is 0 Å². The number of rotatable bonds is 12. The number of unbranched alkanes of at least 4 members (excludes halogenated alkanes) is 3. The molecule has 2 aliphatic rings. The summed E-state index contributed by atoms with van der Waals surface area (Å²) in [5.74, 6) is -1.86. The van der Waals surface area contributed by atoms with Crippen molar-refractivity contribution in [2.24, 2.45) is 5.92 Å². The van der Waals surface area contributed by atoms with Crippen molar-refractivity contribution in [2.75, 3.05) is 26.3 Å². The second-order valence-corrected chi connectivity index (χ2v) is 10.8. The van der Waals surface area contributed by atoms with Gasteiger partial charge in [-0.3, -0.25) is 14.6 Å². The highest BCUT2D eigenvalue weighted by molar-refractivity contribution is 6.08. The second kappa shape index (κ2) is 14.8. The van der Waals surface area contributed by atoms with Crippen LogP contribution >= 0.6 is 0 Å². The van der Waals surface area contributed by atoms with Crippen LogP contribution < -0.4 is 0 Å². The van der Waals surface area contributed by atoms with E-state index in [4.69, 9.17) is 9.47 Å². The van der Waals surface area contributed by atoms with Crippen LogP contribution in [0.2, 0.25) is 0 Å². The number of β-lactam (4-membered cyclic amide) rings is 1. The molecule has 2 aliphatic heterocycles. The van der Waals surface area contributed by atoms with E-state index in [2.05, 4.69) is 24.0 Å². The Morgan fingerprint density at radius 3 is 2.59 bits per heavy atom. The molecule has 220 valence electrons. The van der Waals surface area contributed by atoms with Crippen LogP contribution in [0.25, 0.3) is 0 Å². The van der Waals surface area contributed by atoms with Crippen molar-refractivity contribution in [3.8, 4) is 0 Å². The molecule has 0 unspecified atom stereocenters. The number of ether oxygens (including phenoxy) is 2. The molecule has 41 heavy (non-hydrogen) atoms. The number of amides is 3. The van der Waals surface area contributed by atoms with E-state index in [1.165, 1.54) is 0 Å². The number of imide groups is 1. The third-order valence-electron chi connectivity index (χ3n) is 7.83. The summed E-state index contributed by atoms with van der Waals surface area (Å²) < 4.78 is 10.6. The van der Waals surface area contributed by atoms with E-state index in [1.807, 2.05) is 18.2 Å². The number of esters is 2. The van der Waals surface area contributed by atoms with Gasteiger partial charge in [-0.2, -0.15) is 0 Å². The fourth-order valence-electron chi connectivity index (χ4n) is 5.68. The third-order valence-corrected chi connectivity index (χ3v) is 7.83. The minimum Gasteiger partial charge on any atom is -0.465 e. The molecule has 1 aromatic carbocycles. The fraction of sp³-hybridized carbons (Fsp3) is 0.531. The molecule has 9 nitrogen and oxygen atoms in total. The Hall–Kier alpha value is -3.75. The van der Waals surface area contributed by atoms with Gasteiger partial charge in [0.05, 0.1) is 31.2 Å². The lowest BCUT2D eigenvalue weighted by Gasteiger charge is -2.46. The van der Waals surface area contributed by atoms with E-state index in [0.717, 1.165) is 54.6 Å². The zero-order valence-electron chi connectivity index (χ0n) is 24.1. The molecule has 0 spiro atoms. The van der Waals surface area contributed by atoms with Crippen molar-refractivity contribution >= 4 is 23.9 Å². The smallest absolute Gasteiger partial charge is 0.330 e. The Bertz CT molecular complexity index is 1200. The summed E-state index contributed by atoms with van der Waals surface area (Å²) in [4.78, 5) is 59.2. The van der Waals surface area contributed by atoms with Crippen molar-refractivity contribution in [1.29, 1.82) is 0 Å². The van der Waals surface area contributed by atoms with Gasteiger partial charge in [-0.1, -0.05) is 56.5 Å². The maximum atomic E-state index is 13.6. The van der Waals surface area contributed by atoms with Crippen molar-refractivity contribution in [2.45, 2.75) is 77.2 Å². The highest BCUT2D eigenvalue weighted by Gasteiger charge is 2.56. The molecular weight excluding hydrogens is 522 g/mol. The molecule has 2 aromatic rings. The molecular formula is C32H41N3O6. The number of pyridine rings is 1. The first-order valence-electron chi connectivity index (χ1n) is 14.9. The molecule has 2 fully saturated rings. The fourth-order valence-corrected chi connectivity index (χ4v) is 5.68. The van der Waals surface area contributed by atoms with Crippen LogP contribution in [0.15, 0.2) is 48.7 Å². The van der Waals surface area contributed by atoms with Gasteiger partial charge in [0, 0.05) is 25.2 Å². The van der Waals surface area contributed by atoms with Crippen LogP contribution in [0, 0.1) is 5.92 Å². The average Bonchev–Trinajstić information content (AvgIpc) is 2.99. The number of nitrogens with zero attached hydrogens (tertiary/aromatic N) is 3. The summed E-state index contributed by atoms with van der Waals surface area (Å²) in [7, 11) is 0. The highest BCUT2D eigenvalue weighted by atomic mass is 16.5. The molecule has 2 saturated heterocycles. The van der Waals surface area contributed by atoms with Gasteiger partial charge in [0.1, 0.15) is 0 Å². The minimum absolute atomic E-state index is 0.0314. The summed E-state index contributed by atoms with van der Waals surface area (Å²) in [5.41, 5.74) is 2.45. The van der Waals surface area contributed by atoms with Crippen LogP contribution in [0.1, 0.15) is 75.1 Å². The highest BCUT2D eigenvalue weighted by Crippen LogP contribution is 2.34. The Kier molecular flexibility index (Phi) is 10.9. The Balaban J connectivity index is 1.40. The molecule has 4 rings (SSSR count). The number of carbonyl (C=O) groups excluding carboxylic acids is 4. The number of piperidine rings is 1. The predicted molar refractivity (Wildman–Crippen MR) is 153 cm³/mol. The quantitative estimate of drug-likeness (QED) is 0.210. The molecule has 1 aromatic heterocycles. The molecule has 0 saturated carbocycles. The Morgan fingerprint density at radius 2 is 1.83 bits per heavy atom. The van der Waals surface area contributed by atoms with E-state index < -0.39 is 24.0 Å². The molecule has 9 heteroatoms. The van der Waals surface area contributed by atoms with Crippen LogP contribution in [0.5, 0.6) is 0 Å². The number of likely N-dealkylation sites (tertiary alicyclic amines) is 2. The molecule has 0 aliphatic carbocycles. The standard InChI is InChI=1S/C32H41N3O6/c1-3-5-6-10-18-41-28(36)21-26-19-23(15-16-33-26)20-27-29(31(38)40-4-2)35(30(27)37)32(39)34-17-11-14-25(22-34)24-12-8-7-9-13-24/h7-9,12-13,15-16,19,25,27,29H,3-6,10-11,14,17-18,20-22H2,1-2H3/t25-,27+,29-/m0/s1. The van der Waals surface area contributed by atoms with E-state index >= 15 is 0 Å². The van der Waals surface area contributed by atoms with E-state index in [0.29, 0.717) is 25.4 Å². The zero-order chi connectivity index (χ0) is 29.2. The third kappa shape index (κ3) is 7.71. The topological polar surface area (TPSA) is 106 Å². The molecule has 0 radical (unpaired) electrons. The second-order valence-electron chi connectivity index (χ2n) is 10.8. The molecule has 3 heterocycles. The SMILES string of the molecule is CCCCCCOC(=O)Cc1cc(C[C@H]2C(=O)N(C(=O)N3CCC[C@H](c4ccccc4)C3)[C@@H]2C(=O)OCC)ccn1. The molecule has 3 amide bonds. The Morgan fingerprint density at radius 1 is 1.02 bits per heavy atom. The van der Waals surface area contributed by atoms with Gasteiger partial charge in [-0.05, 0) is 55.9 Å². The van der Waals surface area contributed by atoms with Gasteiger partial charge in [-0.25, -0.2) is 14.5 Å². The zero-order valence-corrected chi connectivity index (χ0v) is 24.1. The summed E-state index contributed by atoms with van der Waals surface area (Å²) >= 11 is 0. The van der Waals surface area contributed by atoms with E-state index in [1.54, 1.807) is 30.2 Å². The van der Waals surface area contributed by atoms with Gasteiger partial charge < -0.3 is 14.4 Å². The van der Waals surface area contributed by atoms with Gasteiger partial charge in [0.15, 0.2) is 6.04 Å². The van der Waals surface area contributed by atoms with Crippen molar-refractivity contribution < 1.29 is 28.7 Å². The Labute approximate surface area is 242 Å². The number of hydrogen-bond donors (Lipinski definition) is 0. The summed E-state index contributed by atoms with van der Waals surface area (Å²) in [6, 6.07) is 12.1. The normalized spacial score (nSPS) is 20.3. The van der Waals surface area contributed by atoms with Crippen LogP contribution in [0.3, 0.4) is 0 Å². The van der Waals surface area contributed by atoms with Crippen molar-refractivity contribution in [3.63, 3.8) is 0 Å². The maximum Gasteiger partial charge on any atom is 0.330 e. The van der Waals surface area contributed by atoms with Crippen LogP contribution in [-0.4, -0.2) is 71.0 Å². The molecule has 0 N–H and O–H groups in total. The van der Waals surface area contributed by atoms with Gasteiger partial charge in [0.2, 0.25) is 5.91 Å². The van der Waals surface area contributed by atoms with E-state index in [-0.39, 0.29) is 37.2 Å². The lowest BCUT2D eigenvalue weighted by atomic mass is 9.82. The number of urea groups is 1. The number of benzene rings is 1. The lowest BCUT2D eigenvalue weighted by molar-refractivity contribution is -0.170. The molecule has 0 bridgehead atoms. The predicted octanol–water partition coefficient (Wildman–Crippen LogP) is 4.68. The van der Waals surface area contributed by atoms with E-state index in [9.17, 15) is 19.2 Å². The molecule has 3 atom stereocenters. The number of hydrogen-bond acceptors (Lipinski definition) is 7. The first-order chi connectivity index (χ1) is 19.9. The van der Waals surface area contributed by atoms with Crippen molar-refractivity contribution in [1.82, 2.24) is 14.8 Å².